The first-order valence-corrected chi connectivity index (χ1v) is 6.12. The second-order valence-electron chi connectivity index (χ2n) is 4.50. The highest BCUT2D eigenvalue weighted by molar-refractivity contribution is 5.28. The van der Waals surface area contributed by atoms with Crippen LogP contribution in [0.2, 0.25) is 0 Å². The number of nitrogens with one attached hydrogen (secondary N) is 1. The molecule has 0 aliphatic carbocycles. The van der Waals surface area contributed by atoms with E-state index in [4.69, 9.17) is 0 Å². The first-order valence-electron chi connectivity index (χ1n) is 6.12. The molecule has 16 heavy (non-hydrogen) atoms. The van der Waals surface area contributed by atoms with Crippen LogP contribution in [-0.2, 0) is 12.0 Å². The minimum absolute atomic E-state index is 0.596. The Morgan fingerprint density at radius 3 is 2.69 bits per heavy atom. The van der Waals surface area contributed by atoms with Gasteiger partial charge in [0, 0.05) is 6.54 Å². The summed E-state index contributed by atoms with van der Waals surface area (Å²) < 4.78 is 0. The second kappa shape index (κ2) is 6.02. The minimum atomic E-state index is -0.778. The Bertz CT molecular complexity index is 320. The van der Waals surface area contributed by atoms with Gasteiger partial charge < -0.3 is 10.4 Å². The zero-order valence-electron chi connectivity index (χ0n) is 10.6. The Morgan fingerprint density at radius 2 is 2.06 bits per heavy atom. The van der Waals surface area contributed by atoms with Gasteiger partial charge in [0.2, 0.25) is 0 Å². The van der Waals surface area contributed by atoms with Gasteiger partial charge in [-0.1, -0.05) is 44.5 Å². The molecule has 0 heterocycles. The molecule has 0 fully saturated rings. The number of aryl methyl sites for hydroxylation is 1. The van der Waals surface area contributed by atoms with E-state index in [1.54, 1.807) is 0 Å². The lowest BCUT2D eigenvalue weighted by atomic mass is 9.93. The lowest BCUT2D eigenvalue weighted by Gasteiger charge is -2.24. The van der Waals surface area contributed by atoms with E-state index in [9.17, 15) is 5.11 Å². The van der Waals surface area contributed by atoms with Gasteiger partial charge in [-0.05, 0) is 31.0 Å². The number of rotatable bonds is 6. The third-order valence-corrected chi connectivity index (χ3v) is 2.81. The predicted molar refractivity (Wildman–Crippen MR) is 68.6 cm³/mol. The molecule has 90 valence electrons. The van der Waals surface area contributed by atoms with E-state index in [0.29, 0.717) is 6.54 Å². The van der Waals surface area contributed by atoms with Crippen molar-refractivity contribution in [3.8, 4) is 0 Å². The van der Waals surface area contributed by atoms with Crippen molar-refractivity contribution in [2.24, 2.45) is 0 Å². The molecule has 2 N–H and O–H groups in total. The molecule has 1 rings (SSSR count). The van der Waals surface area contributed by atoms with E-state index in [-0.39, 0.29) is 0 Å². The monoisotopic (exact) mass is 221 g/mol. The SMILES string of the molecule is CCCc1cccc(C(C)(O)CNCC)c1. The Labute approximate surface area is 98.7 Å². The Morgan fingerprint density at radius 1 is 1.31 bits per heavy atom. The number of likely N-dealkylation sites (N-methyl/N-ethyl adjacent to an activating group) is 1. The summed E-state index contributed by atoms with van der Waals surface area (Å²) in [6.07, 6.45) is 2.21. The number of benzene rings is 1. The lowest BCUT2D eigenvalue weighted by Crippen LogP contribution is -2.35. The minimum Gasteiger partial charge on any atom is -0.384 e. The molecular weight excluding hydrogens is 198 g/mol. The van der Waals surface area contributed by atoms with Crippen molar-refractivity contribution in [2.75, 3.05) is 13.1 Å². The summed E-state index contributed by atoms with van der Waals surface area (Å²) in [6.45, 7) is 7.55. The molecule has 0 spiro atoms. The van der Waals surface area contributed by atoms with Gasteiger partial charge in [0.05, 0.1) is 5.60 Å². The highest BCUT2D eigenvalue weighted by Gasteiger charge is 2.22. The maximum Gasteiger partial charge on any atom is 0.0992 e. The van der Waals surface area contributed by atoms with Crippen LogP contribution >= 0.6 is 0 Å². The Balaban J connectivity index is 2.80. The van der Waals surface area contributed by atoms with Crippen LogP contribution in [0, 0.1) is 0 Å². The van der Waals surface area contributed by atoms with Gasteiger partial charge in [0.1, 0.15) is 0 Å². The van der Waals surface area contributed by atoms with Crippen molar-refractivity contribution >= 4 is 0 Å². The molecule has 0 bridgehead atoms. The fraction of sp³-hybridized carbons (Fsp3) is 0.571. The van der Waals surface area contributed by atoms with Crippen molar-refractivity contribution in [3.63, 3.8) is 0 Å². The number of aliphatic hydroxyl groups is 1. The van der Waals surface area contributed by atoms with E-state index in [1.165, 1.54) is 5.56 Å². The summed E-state index contributed by atoms with van der Waals surface area (Å²) in [5.74, 6) is 0. The van der Waals surface area contributed by atoms with Gasteiger partial charge >= 0.3 is 0 Å². The quantitative estimate of drug-likeness (QED) is 0.773. The molecule has 1 unspecified atom stereocenters. The topological polar surface area (TPSA) is 32.3 Å². The molecule has 0 saturated heterocycles. The summed E-state index contributed by atoms with van der Waals surface area (Å²) in [7, 11) is 0. The van der Waals surface area contributed by atoms with E-state index < -0.39 is 5.60 Å². The molecule has 1 aromatic carbocycles. The van der Waals surface area contributed by atoms with Crippen LogP contribution in [0.25, 0.3) is 0 Å². The first-order chi connectivity index (χ1) is 7.60. The molecule has 0 radical (unpaired) electrons. The molecular formula is C14H23NO. The number of hydrogen-bond donors (Lipinski definition) is 2. The van der Waals surface area contributed by atoms with E-state index in [1.807, 2.05) is 26.0 Å². The van der Waals surface area contributed by atoms with E-state index >= 15 is 0 Å². The molecule has 0 saturated carbocycles. The highest BCUT2D eigenvalue weighted by Crippen LogP contribution is 2.21. The maximum atomic E-state index is 10.3. The van der Waals surface area contributed by atoms with Crippen LogP contribution in [0.5, 0.6) is 0 Å². The third-order valence-electron chi connectivity index (χ3n) is 2.81. The summed E-state index contributed by atoms with van der Waals surface area (Å²) in [4.78, 5) is 0. The zero-order chi connectivity index (χ0) is 12.0. The van der Waals surface area contributed by atoms with Crippen LogP contribution < -0.4 is 5.32 Å². The average molecular weight is 221 g/mol. The molecule has 0 aliphatic heterocycles. The predicted octanol–water partition coefficient (Wildman–Crippen LogP) is 2.46. The Hall–Kier alpha value is -0.860. The highest BCUT2D eigenvalue weighted by atomic mass is 16.3. The summed E-state index contributed by atoms with van der Waals surface area (Å²) in [6, 6.07) is 8.26. The fourth-order valence-electron chi connectivity index (χ4n) is 1.82. The van der Waals surface area contributed by atoms with Crippen molar-refractivity contribution < 1.29 is 5.11 Å². The van der Waals surface area contributed by atoms with Crippen LogP contribution in [0.15, 0.2) is 24.3 Å². The van der Waals surface area contributed by atoms with Gasteiger partial charge in [-0.25, -0.2) is 0 Å². The zero-order valence-corrected chi connectivity index (χ0v) is 10.6. The second-order valence-corrected chi connectivity index (χ2v) is 4.50. The van der Waals surface area contributed by atoms with Gasteiger partial charge in [-0.3, -0.25) is 0 Å². The largest absolute Gasteiger partial charge is 0.384 e. The fourth-order valence-corrected chi connectivity index (χ4v) is 1.82. The molecule has 1 atom stereocenters. The lowest BCUT2D eigenvalue weighted by molar-refractivity contribution is 0.0575. The van der Waals surface area contributed by atoms with Gasteiger partial charge in [0.15, 0.2) is 0 Å². The van der Waals surface area contributed by atoms with Crippen molar-refractivity contribution in [1.29, 1.82) is 0 Å². The molecule has 2 nitrogen and oxygen atoms in total. The maximum absolute atomic E-state index is 10.3. The molecule has 2 heteroatoms. The average Bonchev–Trinajstić information content (AvgIpc) is 2.27. The summed E-state index contributed by atoms with van der Waals surface area (Å²) >= 11 is 0. The molecule has 0 aromatic heterocycles. The van der Waals surface area contributed by atoms with Gasteiger partial charge in [0.25, 0.3) is 0 Å². The summed E-state index contributed by atoms with van der Waals surface area (Å²) in [5, 5.41) is 13.5. The third kappa shape index (κ3) is 3.62. The standard InChI is InChI=1S/C14H23NO/c1-4-7-12-8-6-9-13(10-12)14(3,16)11-15-5-2/h6,8-10,15-16H,4-5,7,11H2,1-3H3. The van der Waals surface area contributed by atoms with E-state index in [0.717, 1.165) is 24.9 Å². The van der Waals surface area contributed by atoms with E-state index in [2.05, 4.69) is 24.4 Å². The summed E-state index contributed by atoms with van der Waals surface area (Å²) in [5.41, 5.74) is 1.52. The van der Waals surface area contributed by atoms with Gasteiger partial charge in [-0.2, -0.15) is 0 Å². The molecule has 0 amide bonds. The van der Waals surface area contributed by atoms with Crippen LogP contribution in [0.3, 0.4) is 0 Å². The van der Waals surface area contributed by atoms with Crippen molar-refractivity contribution in [3.05, 3.63) is 35.4 Å². The normalized spacial score (nSPS) is 14.8. The first kappa shape index (κ1) is 13.2. The van der Waals surface area contributed by atoms with Crippen molar-refractivity contribution in [2.45, 2.75) is 39.2 Å². The Kier molecular flexibility index (Phi) is 4.97. The number of hydrogen-bond acceptors (Lipinski definition) is 2. The van der Waals surface area contributed by atoms with Crippen LogP contribution in [0.1, 0.15) is 38.3 Å². The van der Waals surface area contributed by atoms with Crippen LogP contribution in [0.4, 0.5) is 0 Å². The smallest absolute Gasteiger partial charge is 0.0992 e. The van der Waals surface area contributed by atoms with Crippen molar-refractivity contribution in [1.82, 2.24) is 5.32 Å². The van der Waals surface area contributed by atoms with Crippen LogP contribution in [-0.4, -0.2) is 18.2 Å². The van der Waals surface area contributed by atoms with Gasteiger partial charge in [-0.15, -0.1) is 0 Å². The molecule has 1 aromatic rings. The molecule has 0 aliphatic rings.